The summed E-state index contributed by atoms with van der Waals surface area (Å²) in [5, 5.41) is 3.39. The Kier molecular flexibility index (Phi) is 5.28. The number of hydrogen-bond acceptors (Lipinski definition) is 3. The third-order valence-corrected chi connectivity index (χ3v) is 4.80. The van der Waals surface area contributed by atoms with Crippen molar-refractivity contribution >= 4 is 0 Å². The van der Waals surface area contributed by atoms with Gasteiger partial charge in [0.2, 0.25) is 0 Å². The van der Waals surface area contributed by atoms with E-state index in [1.54, 1.807) is 0 Å². The molecule has 0 unspecified atom stereocenters. The lowest BCUT2D eigenvalue weighted by Gasteiger charge is -2.26. The predicted octanol–water partition coefficient (Wildman–Crippen LogP) is 3.79. The summed E-state index contributed by atoms with van der Waals surface area (Å²) in [5.74, 6) is 2.15. The number of nitrogens with one attached hydrogen (secondary N) is 1. The molecule has 1 aliphatic heterocycles. The molecular weight excluding hydrogens is 248 g/mol. The van der Waals surface area contributed by atoms with Gasteiger partial charge >= 0.3 is 0 Å². The molecule has 0 radical (unpaired) electrons. The van der Waals surface area contributed by atoms with Crippen LogP contribution in [0.4, 0.5) is 0 Å². The fourth-order valence-corrected chi connectivity index (χ4v) is 3.12. The van der Waals surface area contributed by atoms with E-state index in [0.717, 1.165) is 24.6 Å². The van der Waals surface area contributed by atoms with Gasteiger partial charge in [-0.15, -0.1) is 0 Å². The summed E-state index contributed by atoms with van der Waals surface area (Å²) >= 11 is 0. The molecule has 1 saturated heterocycles. The minimum absolute atomic E-state index is 0.497. The highest BCUT2D eigenvalue weighted by Gasteiger charge is 2.34. The second-order valence-corrected chi connectivity index (χ2v) is 6.57. The maximum absolute atomic E-state index is 5.93. The summed E-state index contributed by atoms with van der Waals surface area (Å²) in [4.78, 5) is 2.55. The van der Waals surface area contributed by atoms with Gasteiger partial charge < -0.3 is 9.73 Å². The van der Waals surface area contributed by atoms with E-state index in [0.29, 0.717) is 11.5 Å². The molecule has 0 aromatic carbocycles. The molecule has 3 heteroatoms. The van der Waals surface area contributed by atoms with E-state index < -0.39 is 0 Å². The van der Waals surface area contributed by atoms with Crippen molar-refractivity contribution in [2.75, 3.05) is 13.1 Å². The summed E-state index contributed by atoms with van der Waals surface area (Å²) in [6.45, 7) is 13.2. The van der Waals surface area contributed by atoms with Gasteiger partial charge in [0.25, 0.3) is 0 Å². The summed E-state index contributed by atoms with van der Waals surface area (Å²) < 4.78 is 5.93. The van der Waals surface area contributed by atoms with Crippen LogP contribution in [0.1, 0.15) is 58.5 Å². The molecule has 0 amide bonds. The van der Waals surface area contributed by atoms with Crippen LogP contribution in [0.5, 0.6) is 0 Å². The van der Waals surface area contributed by atoms with Crippen molar-refractivity contribution in [3.8, 4) is 0 Å². The van der Waals surface area contributed by atoms with E-state index in [9.17, 15) is 0 Å². The number of nitrogens with zero attached hydrogens (tertiary/aromatic N) is 1. The smallest absolute Gasteiger partial charge is 0.118 e. The SMILES string of the molecule is CCC1(CC)CCN(Cc2ccc(CNC(C)C)o2)C1. The second-order valence-electron chi connectivity index (χ2n) is 6.57. The van der Waals surface area contributed by atoms with Gasteiger partial charge in [-0.25, -0.2) is 0 Å². The van der Waals surface area contributed by atoms with Crippen LogP contribution in [-0.2, 0) is 13.1 Å². The third-order valence-electron chi connectivity index (χ3n) is 4.80. The summed E-state index contributed by atoms with van der Waals surface area (Å²) in [7, 11) is 0. The van der Waals surface area contributed by atoms with Gasteiger partial charge in [0.15, 0.2) is 0 Å². The number of rotatable bonds is 7. The molecule has 114 valence electrons. The Hall–Kier alpha value is -0.800. The zero-order chi connectivity index (χ0) is 14.6. The molecule has 1 fully saturated rings. The Morgan fingerprint density at radius 3 is 2.55 bits per heavy atom. The molecule has 1 aromatic heterocycles. The zero-order valence-corrected chi connectivity index (χ0v) is 13.5. The Balaban J connectivity index is 1.85. The molecule has 2 heterocycles. The number of likely N-dealkylation sites (tertiary alicyclic amines) is 1. The van der Waals surface area contributed by atoms with Gasteiger partial charge in [-0.3, -0.25) is 4.90 Å². The molecule has 0 bridgehead atoms. The van der Waals surface area contributed by atoms with E-state index in [1.807, 2.05) is 0 Å². The molecule has 1 aliphatic rings. The van der Waals surface area contributed by atoms with Crippen LogP contribution in [0, 0.1) is 5.41 Å². The summed E-state index contributed by atoms with van der Waals surface area (Å²) in [5.41, 5.74) is 0.550. The van der Waals surface area contributed by atoms with Gasteiger partial charge in [0, 0.05) is 12.6 Å². The minimum atomic E-state index is 0.497. The normalized spacial score (nSPS) is 19.1. The number of hydrogen-bond donors (Lipinski definition) is 1. The van der Waals surface area contributed by atoms with E-state index in [1.165, 1.54) is 32.4 Å². The van der Waals surface area contributed by atoms with E-state index in [4.69, 9.17) is 4.42 Å². The Labute approximate surface area is 123 Å². The highest BCUT2D eigenvalue weighted by molar-refractivity contribution is 5.07. The molecule has 20 heavy (non-hydrogen) atoms. The quantitative estimate of drug-likeness (QED) is 0.822. The van der Waals surface area contributed by atoms with Crippen LogP contribution in [0.25, 0.3) is 0 Å². The molecule has 0 aliphatic carbocycles. The average molecular weight is 278 g/mol. The van der Waals surface area contributed by atoms with Crippen LogP contribution in [0.15, 0.2) is 16.5 Å². The van der Waals surface area contributed by atoms with Crippen LogP contribution < -0.4 is 5.32 Å². The van der Waals surface area contributed by atoms with Crippen molar-refractivity contribution in [1.29, 1.82) is 0 Å². The van der Waals surface area contributed by atoms with E-state index in [-0.39, 0.29) is 0 Å². The minimum Gasteiger partial charge on any atom is -0.463 e. The zero-order valence-electron chi connectivity index (χ0n) is 13.5. The topological polar surface area (TPSA) is 28.4 Å². The largest absolute Gasteiger partial charge is 0.463 e. The first-order valence-electron chi connectivity index (χ1n) is 8.10. The Morgan fingerprint density at radius 2 is 1.95 bits per heavy atom. The highest BCUT2D eigenvalue weighted by Crippen LogP contribution is 2.37. The Morgan fingerprint density at radius 1 is 1.25 bits per heavy atom. The first-order chi connectivity index (χ1) is 9.57. The molecule has 1 aromatic rings. The average Bonchev–Trinajstić information content (AvgIpc) is 3.04. The van der Waals surface area contributed by atoms with Gasteiger partial charge in [-0.1, -0.05) is 27.7 Å². The van der Waals surface area contributed by atoms with E-state index >= 15 is 0 Å². The van der Waals surface area contributed by atoms with Crippen molar-refractivity contribution in [1.82, 2.24) is 10.2 Å². The molecule has 0 atom stereocenters. The van der Waals surface area contributed by atoms with Crippen LogP contribution in [-0.4, -0.2) is 24.0 Å². The van der Waals surface area contributed by atoms with Crippen LogP contribution >= 0.6 is 0 Å². The predicted molar refractivity (Wildman–Crippen MR) is 83.6 cm³/mol. The summed E-state index contributed by atoms with van der Waals surface area (Å²) in [6, 6.07) is 4.74. The van der Waals surface area contributed by atoms with Crippen LogP contribution in [0.2, 0.25) is 0 Å². The van der Waals surface area contributed by atoms with Crippen molar-refractivity contribution in [3.63, 3.8) is 0 Å². The lowest BCUT2D eigenvalue weighted by atomic mass is 9.82. The molecule has 2 rings (SSSR count). The van der Waals surface area contributed by atoms with Crippen molar-refractivity contribution in [3.05, 3.63) is 23.7 Å². The maximum Gasteiger partial charge on any atom is 0.118 e. The van der Waals surface area contributed by atoms with Crippen molar-refractivity contribution in [2.45, 2.75) is 66.1 Å². The van der Waals surface area contributed by atoms with Gasteiger partial charge in [-0.2, -0.15) is 0 Å². The van der Waals surface area contributed by atoms with Crippen LogP contribution in [0.3, 0.4) is 0 Å². The summed E-state index contributed by atoms with van der Waals surface area (Å²) in [6.07, 6.45) is 3.92. The standard InChI is InChI=1S/C17H30N2O/c1-5-17(6-2)9-10-19(13-17)12-16-8-7-15(20-16)11-18-14(3)4/h7-8,14,18H,5-6,9-13H2,1-4H3. The van der Waals surface area contributed by atoms with Crippen molar-refractivity contribution < 1.29 is 4.42 Å². The number of furan rings is 1. The lowest BCUT2D eigenvalue weighted by molar-refractivity contribution is 0.224. The van der Waals surface area contributed by atoms with Gasteiger partial charge in [-0.05, 0) is 43.4 Å². The maximum atomic E-state index is 5.93. The van der Waals surface area contributed by atoms with Crippen molar-refractivity contribution in [2.24, 2.45) is 5.41 Å². The first-order valence-corrected chi connectivity index (χ1v) is 8.10. The Bertz CT molecular complexity index is 407. The fourth-order valence-electron chi connectivity index (χ4n) is 3.12. The third kappa shape index (κ3) is 3.86. The molecule has 0 spiro atoms. The van der Waals surface area contributed by atoms with E-state index in [2.05, 4.69) is 50.0 Å². The molecular formula is C17H30N2O. The monoisotopic (exact) mass is 278 g/mol. The molecule has 3 nitrogen and oxygen atoms in total. The second kappa shape index (κ2) is 6.77. The molecule has 1 N–H and O–H groups in total. The molecule has 0 saturated carbocycles. The van der Waals surface area contributed by atoms with Gasteiger partial charge in [0.1, 0.15) is 11.5 Å². The van der Waals surface area contributed by atoms with Gasteiger partial charge in [0.05, 0.1) is 13.1 Å². The first kappa shape index (κ1) is 15.6. The highest BCUT2D eigenvalue weighted by atomic mass is 16.3. The lowest BCUT2D eigenvalue weighted by Crippen LogP contribution is -2.25. The fraction of sp³-hybridized carbons (Fsp3) is 0.765.